The van der Waals surface area contributed by atoms with E-state index in [-0.39, 0.29) is 17.9 Å². The van der Waals surface area contributed by atoms with Gasteiger partial charge in [-0.05, 0) is 24.3 Å². The van der Waals surface area contributed by atoms with Crippen molar-refractivity contribution in [1.82, 2.24) is 14.7 Å². The fourth-order valence-corrected chi connectivity index (χ4v) is 4.14. The number of likely N-dealkylation sites (tertiary alicyclic amines) is 1. The number of carbonyl (C=O) groups excluding carboxylic acids is 2. The second kappa shape index (κ2) is 8.09. The highest BCUT2D eigenvalue weighted by atomic mass is 32.1. The van der Waals surface area contributed by atoms with Gasteiger partial charge in [0.2, 0.25) is 5.91 Å². The van der Waals surface area contributed by atoms with Crippen LogP contribution in [0.25, 0.3) is 0 Å². The number of rotatable bonds is 5. The van der Waals surface area contributed by atoms with E-state index >= 15 is 0 Å². The van der Waals surface area contributed by atoms with Crippen molar-refractivity contribution >= 4 is 23.2 Å². The number of carbonyl (C=O) groups is 2. The minimum atomic E-state index is -0.0296. The minimum Gasteiger partial charge on any atom is -0.383 e. The highest BCUT2D eigenvalue weighted by Crippen LogP contribution is 2.20. The van der Waals surface area contributed by atoms with Gasteiger partial charge >= 0.3 is 0 Å². The van der Waals surface area contributed by atoms with E-state index in [9.17, 15) is 9.59 Å². The summed E-state index contributed by atoms with van der Waals surface area (Å²) >= 11 is 1.55. The molecule has 2 aliphatic heterocycles. The number of methoxy groups -OCH3 is 1. The van der Waals surface area contributed by atoms with Crippen LogP contribution in [0.3, 0.4) is 0 Å². The van der Waals surface area contributed by atoms with Gasteiger partial charge < -0.3 is 14.5 Å². The van der Waals surface area contributed by atoms with Gasteiger partial charge in [-0.15, -0.1) is 0 Å². The molecule has 2 saturated heterocycles. The Kier molecular flexibility index (Phi) is 5.86. The van der Waals surface area contributed by atoms with Crippen LogP contribution >= 0.6 is 11.3 Å². The molecule has 132 valence electrons. The van der Waals surface area contributed by atoms with Gasteiger partial charge in [0.05, 0.1) is 18.2 Å². The molecular weight excluding hydrogens is 326 g/mol. The first-order valence-corrected chi connectivity index (χ1v) is 9.48. The van der Waals surface area contributed by atoms with Crippen molar-refractivity contribution in [2.45, 2.75) is 18.9 Å². The van der Waals surface area contributed by atoms with Crippen LogP contribution in [0, 0.1) is 0 Å². The zero-order valence-corrected chi connectivity index (χ0v) is 15.0. The standard InChI is InChI=1S/C17H25N3O3S/c1-23-11-10-20-7-3-15(17(20)22)18-5-2-6-19(9-8-18)16(21)14-4-12-24-13-14/h4,12-13,15H,2-3,5-11H2,1H3/t15-/m0/s1. The summed E-state index contributed by atoms with van der Waals surface area (Å²) in [5, 5.41) is 3.84. The molecule has 0 spiro atoms. The molecule has 2 aliphatic rings. The van der Waals surface area contributed by atoms with E-state index in [1.807, 2.05) is 26.6 Å². The molecule has 1 aromatic heterocycles. The monoisotopic (exact) mass is 351 g/mol. The molecule has 0 unspecified atom stereocenters. The quantitative estimate of drug-likeness (QED) is 0.798. The predicted molar refractivity (Wildman–Crippen MR) is 93.3 cm³/mol. The van der Waals surface area contributed by atoms with E-state index in [2.05, 4.69) is 4.90 Å². The molecule has 0 aliphatic carbocycles. The van der Waals surface area contributed by atoms with Gasteiger partial charge in [0.1, 0.15) is 0 Å². The van der Waals surface area contributed by atoms with E-state index in [1.54, 1.807) is 18.4 Å². The van der Waals surface area contributed by atoms with Crippen molar-refractivity contribution in [3.8, 4) is 0 Å². The summed E-state index contributed by atoms with van der Waals surface area (Å²) in [7, 11) is 1.66. The largest absolute Gasteiger partial charge is 0.383 e. The van der Waals surface area contributed by atoms with E-state index in [4.69, 9.17) is 4.74 Å². The molecule has 3 heterocycles. The summed E-state index contributed by atoms with van der Waals surface area (Å²) in [6.07, 6.45) is 1.79. The third-order valence-corrected chi connectivity index (χ3v) is 5.54. The molecule has 0 N–H and O–H groups in total. The zero-order chi connectivity index (χ0) is 16.9. The summed E-state index contributed by atoms with van der Waals surface area (Å²) in [6.45, 7) is 5.16. The van der Waals surface area contributed by atoms with Gasteiger partial charge in [-0.25, -0.2) is 0 Å². The maximum atomic E-state index is 12.6. The van der Waals surface area contributed by atoms with Gasteiger partial charge in [0.15, 0.2) is 0 Å². The van der Waals surface area contributed by atoms with E-state index in [0.717, 1.165) is 44.6 Å². The second-order valence-corrected chi connectivity index (χ2v) is 7.10. The Bertz CT molecular complexity index is 563. The summed E-state index contributed by atoms with van der Waals surface area (Å²) in [4.78, 5) is 31.2. The summed E-state index contributed by atoms with van der Waals surface area (Å²) in [5.74, 6) is 0.322. The number of nitrogens with zero attached hydrogens (tertiary/aromatic N) is 3. The van der Waals surface area contributed by atoms with E-state index in [0.29, 0.717) is 19.7 Å². The Balaban J connectivity index is 1.56. The maximum Gasteiger partial charge on any atom is 0.254 e. The normalized spacial score (nSPS) is 22.9. The van der Waals surface area contributed by atoms with E-state index in [1.165, 1.54) is 0 Å². The Morgan fingerprint density at radius 1 is 1.29 bits per heavy atom. The Morgan fingerprint density at radius 3 is 2.92 bits per heavy atom. The van der Waals surface area contributed by atoms with Crippen molar-refractivity contribution in [2.75, 3.05) is 53.0 Å². The first kappa shape index (κ1) is 17.4. The average Bonchev–Trinajstić information content (AvgIpc) is 3.17. The topological polar surface area (TPSA) is 53.1 Å². The molecule has 1 aromatic rings. The van der Waals surface area contributed by atoms with Crippen LogP contribution < -0.4 is 0 Å². The van der Waals surface area contributed by atoms with Crippen LogP contribution in [0.15, 0.2) is 16.8 Å². The fourth-order valence-electron chi connectivity index (χ4n) is 3.51. The number of ether oxygens (including phenoxy) is 1. The molecule has 7 heteroatoms. The molecule has 6 nitrogen and oxygen atoms in total. The van der Waals surface area contributed by atoms with Crippen molar-refractivity contribution in [1.29, 1.82) is 0 Å². The molecule has 24 heavy (non-hydrogen) atoms. The Hall–Kier alpha value is -1.44. The summed E-state index contributed by atoms with van der Waals surface area (Å²) in [6, 6.07) is 1.85. The maximum absolute atomic E-state index is 12.6. The van der Waals surface area contributed by atoms with Crippen LogP contribution in [-0.2, 0) is 9.53 Å². The molecule has 0 bridgehead atoms. The molecule has 2 fully saturated rings. The van der Waals surface area contributed by atoms with Crippen molar-refractivity contribution in [3.63, 3.8) is 0 Å². The highest BCUT2D eigenvalue weighted by molar-refractivity contribution is 7.08. The number of amides is 2. The van der Waals surface area contributed by atoms with Crippen molar-refractivity contribution < 1.29 is 14.3 Å². The van der Waals surface area contributed by atoms with E-state index < -0.39 is 0 Å². The molecule has 0 saturated carbocycles. The zero-order valence-electron chi connectivity index (χ0n) is 14.1. The smallest absolute Gasteiger partial charge is 0.254 e. The summed E-state index contributed by atoms with van der Waals surface area (Å²) < 4.78 is 5.08. The van der Waals surface area contributed by atoms with Crippen LogP contribution in [0.5, 0.6) is 0 Å². The first-order valence-electron chi connectivity index (χ1n) is 8.54. The van der Waals surface area contributed by atoms with Crippen LogP contribution in [0.2, 0.25) is 0 Å². The number of thiophene rings is 1. The van der Waals surface area contributed by atoms with Crippen LogP contribution in [0.4, 0.5) is 0 Å². The molecule has 2 amide bonds. The molecular formula is C17H25N3O3S. The fraction of sp³-hybridized carbons (Fsp3) is 0.647. The van der Waals surface area contributed by atoms with Crippen molar-refractivity contribution in [3.05, 3.63) is 22.4 Å². The van der Waals surface area contributed by atoms with Gasteiger partial charge in [-0.3, -0.25) is 14.5 Å². The number of hydrogen-bond donors (Lipinski definition) is 0. The highest BCUT2D eigenvalue weighted by Gasteiger charge is 2.36. The average molecular weight is 351 g/mol. The van der Waals surface area contributed by atoms with Gasteiger partial charge in [-0.1, -0.05) is 0 Å². The van der Waals surface area contributed by atoms with Crippen molar-refractivity contribution in [2.24, 2.45) is 0 Å². The predicted octanol–water partition coefficient (Wildman–Crippen LogP) is 1.14. The second-order valence-electron chi connectivity index (χ2n) is 6.32. The summed E-state index contributed by atoms with van der Waals surface area (Å²) in [5.41, 5.74) is 0.774. The molecule has 0 aromatic carbocycles. The third-order valence-electron chi connectivity index (χ3n) is 4.86. The van der Waals surface area contributed by atoms with Gasteiger partial charge in [-0.2, -0.15) is 11.3 Å². The third kappa shape index (κ3) is 3.79. The van der Waals surface area contributed by atoms with Gasteiger partial charge in [0, 0.05) is 51.8 Å². The first-order chi connectivity index (χ1) is 11.7. The molecule has 0 radical (unpaired) electrons. The SMILES string of the molecule is COCCN1CC[C@H](N2CCCN(C(=O)c3ccsc3)CC2)C1=O. The van der Waals surface area contributed by atoms with Crippen LogP contribution in [-0.4, -0.2) is 85.5 Å². The number of hydrogen-bond acceptors (Lipinski definition) is 5. The lowest BCUT2D eigenvalue weighted by molar-refractivity contribution is -0.132. The van der Waals surface area contributed by atoms with Crippen LogP contribution in [0.1, 0.15) is 23.2 Å². The Morgan fingerprint density at radius 2 is 2.17 bits per heavy atom. The molecule has 3 rings (SSSR count). The lowest BCUT2D eigenvalue weighted by Crippen LogP contribution is -2.44. The minimum absolute atomic E-state index is 0.0296. The van der Waals surface area contributed by atoms with Gasteiger partial charge in [0.25, 0.3) is 5.91 Å². The lowest BCUT2D eigenvalue weighted by Gasteiger charge is -2.26. The molecule has 1 atom stereocenters. The Labute approximate surface area is 147 Å². The lowest BCUT2D eigenvalue weighted by atomic mass is 10.2.